The minimum absolute atomic E-state index is 0.0611. The fraction of sp³-hybridized carbons (Fsp3) is 0.385. The Morgan fingerprint density at radius 2 is 2.12 bits per heavy atom. The molecule has 1 aromatic carbocycles. The molecule has 0 unspecified atom stereocenters. The number of carbonyl (C=O) groups is 1. The maximum Gasteiger partial charge on any atom is 0.161 e. The number of rotatable bonds is 5. The van der Waals surface area contributed by atoms with Crippen LogP contribution in [0.2, 0.25) is 0 Å². The normalized spacial score (nSPS) is 9.56. The molecule has 3 heteroatoms. The number of para-hydroxylation sites is 1. The minimum atomic E-state index is 0.0611. The van der Waals surface area contributed by atoms with Gasteiger partial charge in [0.2, 0.25) is 0 Å². The third kappa shape index (κ3) is 2.83. The molecule has 0 saturated heterocycles. The Balaban J connectivity index is 3.00. The first kappa shape index (κ1) is 12.3. The molecule has 0 bridgehead atoms. The van der Waals surface area contributed by atoms with Crippen LogP contribution in [0.1, 0.15) is 30.6 Å². The number of ketones is 1. The fourth-order valence-corrected chi connectivity index (χ4v) is 1.68. The standard InChI is InChI=1S/C13H16N2O/c1-3-15(10-6-9-14)13-8-5-4-7-12(13)11(2)16/h4-5,7-8H,3,6,10H2,1-2H3. The Labute approximate surface area is 96.3 Å². The highest BCUT2D eigenvalue weighted by molar-refractivity contribution is 5.99. The Bertz CT molecular complexity index is 407. The first-order valence-electron chi connectivity index (χ1n) is 5.42. The smallest absolute Gasteiger partial charge is 0.161 e. The second-order valence-electron chi connectivity index (χ2n) is 3.56. The van der Waals surface area contributed by atoms with Crippen molar-refractivity contribution in [2.24, 2.45) is 0 Å². The molecule has 1 aromatic rings. The molecule has 0 N–H and O–H groups in total. The molecule has 0 fully saturated rings. The van der Waals surface area contributed by atoms with E-state index in [2.05, 4.69) is 11.0 Å². The molecule has 0 saturated carbocycles. The Kier molecular flexibility index (Phi) is 4.53. The van der Waals surface area contributed by atoms with Crippen molar-refractivity contribution in [2.45, 2.75) is 20.3 Å². The Morgan fingerprint density at radius 3 is 2.69 bits per heavy atom. The topological polar surface area (TPSA) is 44.1 Å². The predicted molar refractivity (Wildman–Crippen MR) is 64.6 cm³/mol. The molecule has 0 aliphatic carbocycles. The molecule has 0 amide bonds. The van der Waals surface area contributed by atoms with Crippen LogP contribution in [0.15, 0.2) is 24.3 Å². The summed E-state index contributed by atoms with van der Waals surface area (Å²) in [7, 11) is 0. The summed E-state index contributed by atoms with van der Waals surface area (Å²) in [5.74, 6) is 0.0611. The van der Waals surface area contributed by atoms with E-state index >= 15 is 0 Å². The molecule has 16 heavy (non-hydrogen) atoms. The summed E-state index contributed by atoms with van der Waals surface area (Å²) in [4.78, 5) is 13.5. The van der Waals surface area contributed by atoms with Crippen LogP contribution in [0.4, 0.5) is 5.69 Å². The number of nitrogens with zero attached hydrogens (tertiary/aromatic N) is 2. The summed E-state index contributed by atoms with van der Waals surface area (Å²) in [6.07, 6.45) is 0.472. The van der Waals surface area contributed by atoms with Crippen molar-refractivity contribution in [1.82, 2.24) is 0 Å². The number of hydrogen-bond acceptors (Lipinski definition) is 3. The molecule has 84 valence electrons. The van der Waals surface area contributed by atoms with Crippen molar-refractivity contribution in [3.05, 3.63) is 29.8 Å². The summed E-state index contributed by atoms with van der Waals surface area (Å²) in [6, 6.07) is 9.65. The van der Waals surface area contributed by atoms with Crippen molar-refractivity contribution in [2.75, 3.05) is 18.0 Å². The van der Waals surface area contributed by atoms with Gasteiger partial charge >= 0.3 is 0 Å². The zero-order valence-corrected chi connectivity index (χ0v) is 9.73. The maximum absolute atomic E-state index is 11.5. The lowest BCUT2D eigenvalue weighted by atomic mass is 10.1. The van der Waals surface area contributed by atoms with Crippen LogP contribution in [-0.2, 0) is 0 Å². The highest BCUT2D eigenvalue weighted by atomic mass is 16.1. The zero-order chi connectivity index (χ0) is 12.0. The van der Waals surface area contributed by atoms with Crippen LogP contribution in [0.3, 0.4) is 0 Å². The summed E-state index contributed by atoms with van der Waals surface area (Å²) < 4.78 is 0. The lowest BCUT2D eigenvalue weighted by molar-refractivity contribution is 0.101. The lowest BCUT2D eigenvalue weighted by Crippen LogP contribution is -2.25. The number of hydrogen-bond donors (Lipinski definition) is 0. The Hall–Kier alpha value is -1.82. The van der Waals surface area contributed by atoms with Gasteiger partial charge < -0.3 is 4.90 Å². The molecular formula is C13H16N2O. The number of Topliss-reactive ketones (excluding diaryl/α,β-unsaturated/α-hetero) is 1. The van der Waals surface area contributed by atoms with Crippen LogP contribution in [0.25, 0.3) is 0 Å². The number of benzene rings is 1. The van der Waals surface area contributed by atoms with Gasteiger partial charge in [-0.05, 0) is 26.0 Å². The van der Waals surface area contributed by atoms with Crippen molar-refractivity contribution in [3.8, 4) is 6.07 Å². The van der Waals surface area contributed by atoms with Crippen molar-refractivity contribution in [1.29, 1.82) is 5.26 Å². The van der Waals surface area contributed by atoms with Crippen LogP contribution in [-0.4, -0.2) is 18.9 Å². The van der Waals surface area contributed by atoms with Gasteiger partial charge in [0.05, 0.1) is 12.5 Å². The molecule has 1 rings (SSSR count). The first-order chi connectivity index (χ1) is 7.70. The SMILES string of the molecule is CCN(CCC#N)c1ccccc1C(C)=O. The highest BCUT2D eigenvalue weighted by Gasteiger charge is 2.11. The van der Waals surface area contributed by atoms with Crippen molar-refractivity contribution < 1.29 is 4.79 Å². The summed E-state index contributed by atoms with van der Waals surface area (Å²) in [5.41, 5.74) is 1.65. The molecule has 3 nitrogen and oxygen atoms in total. The van der Waals surface area contributed by atoms with Crippen LogP contribution in [0.5, 0.6) is 0 Å². The average Bonchev–Trinajstić information content (AvgIpc) is 2.30. The van der Waals surface area contributed by atoms with Gasteiger partial charge in [-0.3, -0.25) is 4.79 Å². The maximum atomic E-state index is 11.5. The van der Waals surface area contributed by atoms with E-state index in [-0.39, 0.29) is 5.78 Å². The first-order valence-corrected chi connectivity index (χ1v) is 5.42. The van der Waals surface area contributed by atoms with E-state index < -0.39 is 0 Å². The van der Waals surface area contributed by atoms with E-state index in [0.717, 1.165) is 17.8 Å². The van der Waals surface area contributed by atoms with E-state index in [9.17, 15) is 4.79 Å². The monoisotopic (exact) mass is 216 g/mol. The zero-order valence-electron chi connectivity index (χ0n) is 9.73. The van der Waals surface area contributed by atoms with Gasteiger partial charge in [-0.15, -0.1) is 0 Å². The molecule has 0 radical (unpaired) electrons. The van der Waals surface area contributed by atoms with Gasteiger partial charge in [0, 0.05) is 24.3 Å². The molecule has 0 aliphatic heterocycles. The molecule has 0 atom stereocenters. The third-order valence-electron chi connectivity index (χ3n) is 2.50. The Morgan fingerprint density at radius 1 is 1.44 bits per heavy atom. The number of nitriles is 1. The highest BCUT2D eigenvalue weighted by Crippen LogP contribution is 2.20. The van der Waals surface area contributed by atoms with E-state index in [1.807, 2.05) is 31.2 Å². The number of anilines is 1. The molecule has 0 heterocycles. The van der Waals surface area contributed by atoms with Gasteiger partial charge in [0.25, 0.3) is 0 Å². The van der Waals surface area contributed by atoms with E-state index in [0.29, 0.717) is 13.0 Å². The lowest BCUT2D eigenvalue weighted by Gasteiger charge is -2.23. The minimum Gasteiger partial charge on any atom is -0.370 e. The second kappa shape index (κ2) is 5.92. The molecule has 0 aliphatic rings. The molecule has 0 spiro atoms. The third-order valence-corrected chi connectivity index (χ3v) is 2.50. The van der Waals surface area contributed by atoms with Gasteiger partial charge in [0.1, 0.15) is 0 Å². The van der Waals surface area contributed by atoms with E-state index in [1.165, 1.54) is 0 Å². The summed E-state index contributed by atoms with van der Waals surface area (Å²) >= 11 is 0. The number of carbonyl (C=O) groups excluding carboxylic acids is 1. The van der Waals surface area contributed by atoms with Crippen molar-refractivity contribution >= 4 is 11.5 Å². The van der Waals surface area contributed by atoms with Gasteiger partial charge in [-0.2, -0.15) is 5.26 Å². The summed E-state index contributed by atoms with van der Waals surface area (Å²) in [5, 5.41) is 8.59. The van der Waals surface area contributed by atoms with Crippen molar-refractivity contribution in [3.63, 3.8) is 0 Å². The quantitative estimate of drug-likeness (QED) is 0.711. The van der Waals surface area contributed by atoms with Gasteiger partial charge in [-0.25, -0.2) is 0 Å². The molecular weight excluding hydrogens is 200 g/mol. The van der Waals surface area contributed by atoms with Crippen LogP contribution >= 0.6 is 0 Å². The van der Waals surface area contributed by atoms with E-state index in [4.69, 9.17) is 5.26 Å². The largest absolute Gasteiger partial charge is 0.370 e. The fourth-order valence-electron chi connectivity index (χ4n) is 1.68. The second-order valence-corrected chi connectivity index (χ2v) is 3.56. The average molecular weight is 216 g/mol. The van der Waals surface area contributed by atoms with E-state index in [1.54, 1.807) is 6.92 Å². The van der Waals surface area contributed by atoms with Gasteiger partial charge in [0.15, 0.2) is 5.78 Å². The predicted octanol–water partition coefficient (Wildman–Crippen LogP) is 2.63. The molecule has 0 aromatic heterocycles. The van der Waals surface area contributed by atoms with Crippen LogP contribution in [0, 0.1) is 11.3 Å². The summed E-state index contributed by atoms with van der Waals surface area (Å²) in [6.45, 7) is 5.05. The van der Waals surface area contributed by atoms with Crippen LogP contribution < -0.4 is 4.90 Å². The van der Waals surface area contributed by atoms with Gasteiger partial charge in [-0.1, -0.05) is 12.1 Å².